The molecule has 1 atom stereocenters. The van der Waals surface area contributed by atoms with Gasteiger partial charge in [0.1, 0.15) is 15.6 Å². The second kappa shape index (κ2) is 9.05. The molecule has 4 nitrogen and oxygen atoms in total. The Morgan fingerprint density at radius 3 is 2.48 bits per heavy atom. The Bertz CT molecular complexity index is 497. The number of hydrogen-bond donors (Lipinski definition) is 1. The summed E-state index contributed by atoms with van der Waals surface area (Å²) in [6.45, 7) is 5.75. The van der Waals surface area contributed by atoms with Gasteiger partial charge < -0.3 is 10.1 Å². The zero-order chi connectivity index (χ0) is 15.7. The Balaban J connectivity index is 2.30. The molecule has 0 heterocycles. The number of ether oxygens (including phenoxy) is 1. The van der Waals surface area contributed by atoms with E-state index in [4.69, 9.17) is 4.74 Å². The molecule has 0 aromatic heterocycles. The first-order valence-electron chi connectivity index (χ1n) is 7.53. The molecule has 21 heavy (non-hydrogen) atoms. The number of hydrogen-bond acceptors (Lipinski definition) is 4. The summed E-state index contributed by atoms with van der Waals surface area (Å²) in [6, 6.07) is 8.58. The van der Waals surface area contributed by atoms with Crippen LogP contribution in [0.5, 0.6) is 5.75 Å². The highest BCUT2D eigenvalue weighted by Gasteiger charge is 2.03. The summed E-state index contributed by atoms with van der Waals surface area (Å²) in [5, 5.41) is 3.40. The fourth-order valence-electron chi connectivity index (χ4n) is 2.10. The summed E-state index contributed by atoms with van der Waals surface area (Å²) in [4.78, 5) is 0. The van der Waals surface area contributed by atoms with Crippen LogP contribution < -0.4 is 10.1 Å². The van der Waals surface area contributed by atoms with Crippen molar-refractivity contribution in [3.63, 3.8) is 0 Å². The molecule has 0 bridgehead atoms. The molecule has 0 radical (unpaired) electrons. The molecule has 0 spiro atoms. The molecule has 120 valence electrons. The number of nitrogens with one attached hydrogen (secondary N) is 1. The Morgan fingerprint density at radius 1 is 1.24 bits per heavy atom. The molecule has 0 fully saturated rings. The number of rotatable bonds is 10. The fourth-order valence-corrected chi connectivity index (χ4v) is 2.74. The predicted molar refractivity (Wildman–Crippen MR) is 87.7 cm³/mol. The van der Waals surface area contributed by atoms with Crippen molar-refractivity contribution < 1.29 is 13.2 Å². The third kappa shape index (κ3) is 8.73. The van der Waals surface area contributed by atoms with Crippen LogP contribution in [-0.4, -0.2) is 39.6 Å². The molecule has 1 unspecified atom stereocenters. The Hall–Kier alpha value is -1.07. The first-order chi connectivity index (χ1) is 9.90. The van der Waals surface area contributed by atoms with Crippen LogP contribution in [0.25, 0.3) is 0 Å². The molecule has 1 aromatic carbocycles. The van der Waals surface area contributed by atoms with Crippen LogP contribution >= 0.6 is 0 Å². The van der Waals surface area contributed by atoms with E-state index in [1.165, 1.54) is 11.8 Å². The van der Waals surface area contributed by atoms with E-state index in [1.807, 2.05) is 12.1 Å². The van der Waals surface area contributed by atoms with E-state index in [1.54, 1.807) is 0 Å². The largest absolute Gasteiger partial charge is 0.494 e. The zero-order valence-corrected chi connectivity index (χ0v) is 14.1. The first kappa shape index (κ1) is 18.0. The van der Waals surface area contributed by atoms with Gasteiger partial charge in [-0.05, 0) is 50.4 Å². The van der Waals surface area contributed by atoms with Gasteiger partial charge in [0.25, 0.3) is 0 Å². The lowest BCUT2D eigenvalue weighted by Crippen LogP contribution is -2.25. The zero-order valence-electron chi connectivity index (χ0n) is 13.3. The van der Waals surface area contributed by atoms with Crippen LogP contribution in [0.2, 0.25) is 0 Å². The number of aryl methyl sites for hydroxylation is 1. The lowest BCUT2D eigenvalue weighted by Gasteiger charge is -2.12. The SMILES string of the molecule is CCNC(C)CCc1ccc(OCCCS(C)(=O)=O)cc1. The van der Waals surface area contributed by atoms with Gasteiger partial charge in [-0.25, -0.2) is 8.42 Å². The number of sulfone groups is 1. The predicted octanol–water partition coefficient (Wildman–Crippen LogP) is 2.43. The van der Waals surface area contributed by atoms with Gasteiger partial charge in [-0.1, -0.05) is 19.1 Å². The molecule has 0 aliphatic heterocycles. The molecular formula is C16H27NO3S. The van der Waals surface area contributed by atoms with Crippen molar-refractivity contribution in [1.82, 2.24) is 5.32 Å². The van der Waals surface area contributed by atoms with Gasteiger partial charge >= 0.3 is 0 Å². The minimum absolute atomic E-state index is 0.174. The molecule has 0 saturated heterocycles. The second-order valence-electron chi connectivity index (χ2n) is 5.47. The lowest BCUT2D eigenvalue weighted by atomic mass is 10.1. The second-order valence-corrected chi connectivity index (χ2v) is 7.73. The average molecular weight is 313 g/mol. The topological polar surface area (TPSA) is 55.4 Å². The van der Waals surface area contributed by atoms with Crippen molar-refractivity contribution in [3.8, 4) is 5.75 Å². The van der Waals surface area contributed by atoms with E-state index in [0.717, 1.165) is 25.1 Å². The van der Waals surface area contributed by atoms with Gasteiger partial charge in [0.05, 0.1) is 12.4 Å². The molecular weight excluding hydrogens is 286 g/mol. The molecule has 0 amide bonds. The lowest BCUT2D eigenvalue weighted by molar-refractivity contribution is 0.317. The number of benzene rings is 1. The van der Waals surface area contributed by atoms with Crippen LogP contribution in [0.4, 0.5) is 0 Å². The van der Waals surface area contributed by atoms with E-state index in [9.17, 15) is 8.42 Å². The van der Waals surface area contributed by atoms with Crippen LogP contribution in [0.1, 0.15) is 32.3 Å². The fraction of sp³-hybridized carbons (Fsp3) is 0.625. The summed E-state index contributed by atoms with van der Waals surface area (Å²) in [6.07, 6.45) is 3.93. The molecule has 1 N–H and O–H groups in total. The normalized spacial score (nSPS) is 13.1. The van der Waals surface area contributed by atoms with Crippen LogP contribution in [0.15, 0.2) is 24.3 Å². The summed E-state index contributed by atoms with van der Waals surface area (Å²) in [5.41, 5.74) is 1.29. The average Bonchev–Trinajstić information content (AvgIpc) is 2.42. The van der Waals surface area contributed by atoms with Gasteiger partial charge in [-0.2, -0.15) is 0 Å². The third-order valence-corrected chi connectivity index (χ3v) is 4.30. The molecule has 0 aliphatic rings. The summed E-state index contributed by atoms with van der Waals surface area (Å²) < 4.78 is 27.5. The first-order valence-corrected chi connectivity index (χ1v) is 9.59. The minimum Gasteiger partial charge on any atom is -0.494 e. The summed E-state index contributed by atoms with van der Waals surface area (Å²) >= 11 is 0. The molecule has 1 rings (SSSR count). The maximum atomic E-state index is 11.0. The van der Waals surface area contributed by atoms with Gasteiger partial charge in [0.2, 0.25) is 0 Å². The van der Waals surface area contributed by atoms with E-state index in [2.05, 4.69) is 31.3 Å². The van der Waals surface area contributed by atoms with Crippen molar-refractivity contribution in [2.45, 2.75) is 39.2 Å². The van der Waals surface area contributed by atoms with E-state index >= 15 is 0 Å². The summed E-state index contributed by atoms with van der Waals surface area (Å²) in [5.74, 6) is 0.972. The van der Waals surface area contributed by atoms with Crippen LogP contribution in [-0.2, 0) is 16.3 Å². The molecule has 0 saturated carbocycles. The van der Waals surface area contributed by atoms with E-state index in [0.29, 0.717) is 19.1 Å². The summed E-state index contributed by atoms with van der Waals surface area (Å²) in [7, 11) is -2.89. The smallest absolute Gasteiger partial charge is 0.147 e. The van der Waals surface area contributed by atoms with Crippen molar-refractivity contribution >= 4 is 9.84 Å². The maximum absolute atomic E-state index is 11.0. The minimum atomic E-state index is -2.89. The third-order valence-electron chi connectivity index (χ3n) is 3.27. The quantitative estimate of drug-likeness (QED) is 0.674. The Morgan fingerprint density at radius 2 is 1.90 bits per heavy atom. The van der Waals surface area contributed by atoms with Crippen LogP contribution in [0.3, 0.4) is 0 Å². The monoisotopic (exact) mass is 313 g/mol. The van der Waals surface area contributed by atoms with Crippen molar-refractivity contribution in [2.24, 2.45) is 0 Å². The molecule has 0 aliphatic carbocycles. The van der Waals surface area contributed by atoms with E-state index in [-0.39, 0.29) is 5.75 Å². The maximum Gasteiger partial charge on any atom is 0.147 e. The van der Waals surface area contributed by atoms with Gasteiger partial charge in [0.15, 0.2) is 0 Å². The van der Waals surface area contributed by atoms with Gasteiger partial charge in [-0.15, -0.1) is 0 Å². The van der Waals surface area contributed by atoms with Crippen molar-refractivity contribution in [2.75, 3.05) is 25.2 Å². The highest BCUT2D eigenvalue weighted by atomic mass is 32.2. The van der Waals surface area contributed by atoms with Crippen molar-refractivity contribution in [1.29, 1.82) is 0 Å². The highest BCUT2D eigenvalue weighted by Crippen LogP contribution is 2.14. The molecule has 1 aromatic rings. The van der Waals surface area contributed by atoms with Crippen LogP contribution in [0, 0.1) is 0 Å². The Labute approximate surface area is 128 Å². The van der Waals surface area contributed by atoms with Gasteiger partial charge in [-0.3, -0.25) is 0 Å². The van der Waals surface area contributed by atoms with E-state index < -0.39 is 9.84 Å². The Kier molecular flexibility index (Phi) is 7.75. The van der Waals surface area contributed by atoms with Gasteiger partial charge in [0, 0.05) is 12.3 Å². The molecule has 5 heteroatoms. The van der Waals surface area contributed by atoms with Crippen molar-refractivity contribution in [3.05, 3.63) is 29.8 Å². The highest BCUT2D eigenvalue weighted by molar-refractivity contribution is 7.90. The standard InChI is InChI=1S/C16H27NO3S/c1-4-17-14(2)6-7-15-8-10-16(11-9-15)20-12-5-13-21(3,18)19/h8-11,14,17H,4-7,12-13H2,1-3H3.